The van der Waals surface area contributed by atoms with Gasteiger partial charge in [0.1, 0.15) is 17.4 Å². The predicted molar refractivity (Wildman–Crippen MR) is 84.8 cm³/mol. The van der Waals surface area contributed by atoms with Crippen molar-refractivity contribution in [3.8, 4) is 17.6 Å². The summed E-state index contributed by atoms with van der Waals surface area (Å²) in [6.07, 6.45) is 3.58. The van der Waals surface area contributed by atoms with Gasteiger partial charge in [0.05, 0.1) is 5.52 Å². The summed E-state index contributed by atoms with van der Waals surface area (Å²) in [6.45, 7) is 0. The van der Waals surface area contributed by atoms with Crippen LogP contribution >= 0.6 is 11.8 Å². The second-order valence-corrected chi connectivity index (χ2v) is 5.29. The molecule has 21 heavy (non-hydrogen) atoms. The number of pyridine rings is 1. The molecular formula is C17H12N2OS. The Morgan fingerprint density at radius 2 is 1.86 bits per heavy atom. The van der Waals surface area contributed by atoms with E-state index in [0.29, 0.717) is 17.1 Å². The van der Waals surface area contributed by atoms with E-state index in [4.69, 9.17) is 4.74 Å². The highest BCUT2D eigenvalue weighted by Crippen LogP contribution is 2.32. The molecule has 0 aliphatic carbocycles. The van der Waals surface area contributed by atoms with Gasteiger partial charge in [-0.15, -0.1) is 11.8 Å². The third-order valence-electron chi connectivity index (χ3n) is 3.13. The Hall–Kier alpha value is -2.51. The van der Waals surface area contributed by atoms with Gasteiger partial charge in [-0.1, -0.05) is 12.1 Å². The highest BCUT2D eigenvalue weighted by Gasteiger charge is 2.10. The molecule has 2 aromatic carbocycles. The number of fused-ring (bicyclic) bond motifs is 1. The summed E-state index contributed by atoms with van der Waals surface area (Å²) >= 11 is 1.68. The summed E-state index contributed by atoms with van der Waals surface area (Å²) in [5.74, 6) is 1.26. The first-order chi connectivity index (χ1) is 10.3. The number of hydrogen-bond donors (Lipinski definition) is 0. The largest absolute Gasteiger partial charge is 0.455 e. The molecule has 0 N–H and O–H groups in total. The van der Waals surface area contributed by atoms with Gasteiger partial charge in [0.15, 0.2) is 5.75 Å². The van der Waals surface area contributed by atoms with Crippen LogP contribution in [0.15, 0.2) is 59.6 Å². The molecule has 3 aromatic rings. The van der Waals surface area contributed by atoms with Crippen molar-refractivity contribution in [1.82, 2.24) is 4.98 Å². The van der Waals surface area contributed by atoms with E-state index in [9.17, 15) is 5.26 Å². The Labute approximate surface area is 127 Å². The summed E-state index contributed by atoms with van der Waals surface area (Å²) in [7, 11) is 0. The van der Waals surface area contributed by atoms with Crippen LogP contribution < -0.4 is 4.74 Å². The van der Waals surface area contributed by atoms with Crippen LogP contribution in [0.25, 0.3) is 10.9 Å². The van der Waals surface area contributed by atoms with E-state index < -0.39 is 0 Å². The van der Waals surface area contributed by atoms with Crippen LogP contribution in [0.5, 0.6) is 11.5 Å². The number of para-hydroxylation sites is 1. The lowest BCUT2D eigenvalue weighted by molar-refractivity contribution is 0.486. The summed E-state index contributed by atoms with van der Waals surface area (Å²) in [6, 6.07) is 17.6. The summed E-state index contributed by atoms with van der Waals surface area (Å²) in [4.78, 5) is 5.44. The van der Waals surface area contributed by atoms with Gasteiger partial charge in [-0.2, -0.15) is 5.26 Å². The molecule has 0 spiro atoms. The maximum atomic E-state index is 9.26. The molecule has 0 amide bonds. The Morgan fingerprint density at radius 1 is 1.10 bits per heavy atom. The van der Waals surface area contributed by atoms with E-state index in [0.717, 1.165) is 10.9 Å². The number of nitriles is 1. The first-order valence-corrected chi connectivity index (χ1v) is 7.64. The zero-order chi connectivity index (χ0) is 14.7. The van der Waals surface area contributed by atoms with Gasteiger partial charge < -0.3 is 4.74 Å². The lowest BCUT2D eigenvalue weighted by Gasteiger charge is -2.10. The second kappa shape index (κ2) is 5.86. The monoisotopic (exact) mass is 292 g/mol. The molecule has 0 saturated heterocycles. The molecule has 4 heteroatoms. The zero-order valence-corrected chi connectivity index (χ0v) is 12.2. The maximum Gasteiger partial charge on any atom is 0.156 e. The minimum atomic E-state index is 0.433. The van der Waals surface area contributed by atoms with Gasteiger partial charge in [-0.3, -0.25) is 4.98 Å². The third kappa shape index (κ3) is 2.69. The van der Waals surface area contributed by atoms with Crippen LogP contribution in [-0.2, 0) is 0 Å². The normalized spacial score (nSPS) is 10.3. The van der Waals surface area contributed by atoms with E-state index in [2.05, 4.69) is 11.1 Å². The van der Waals surface area contributed by atoms with Crippen LogP contribution in [0.4, 0.5) is 0 Å². The molecule has 0 radical (unpaired) electrons. The number of rotatable bonds is 3. The third-order valence-corrected chi connectivity index (χ3v) is 3.87. The molecule has 0 saturated carbocycles. The van der Waals surface area contributed by atoms with E-state index in [-0.39, 0.29) is 0 Å². The maximum absolute atomic E-state index is 9.26. The lowest BCUT2D eigenvalue weighted by Crippen LogP contribution is -1.92. The molecule has 0 bridgehead atoms. The van der Waals surface area contributed by atoms with Crippen molar-refractivity contribution in [3.63, 3.8) is 0 Å². The smallest absolute Gasteiger partial charge is 0.156 e. The van der Waals surface area contributed by atoms with E-state index in [1.165, 1.54) is 4.90 Å². The van der Waals surface area contributed by atoms with E-state index >= 15 is 0 Å². The molecule has 0 unspecified atom stereocenters. The quantitative estimate of drug-likeness (QED) is 0.661. The van der Waals surface area contributed by atoms with Gasteiger partial charge in [0.2, 0.25) is 0 Å². The summed E-state index contributed by atoms with van der Waals surface area (Å²) in [5.41, 5.74) is 1.25. The number of aromatic nitrogens is 1. The predicted octanol–water partition coefficient (Wildman–Crippen LogP) is 4.62. The minimum Gasteiger partial charge on any atom is -0.455 e. The Bertz CT molecular complexity index is 822. The standard InChI is InChI=1S/C17H12N2OS/c1-21-14-8-6-13(7-9-14)20-17-12(10-18)11-19-16-5-3-2-4-15(16)17/h2-9,11H,1H3. The van der Waals surface area contributed by atoms with E-state index in [1.54, 1.807) is 18.0 Å². The molecule has 1 heterocycles. The van der Waals surface area contributed by atoms with Gasteiger partial charge in [-0.05, 0) is 42.7 Å². The topological polar surface area (TPSA) is 45.9 Å². The average molecular weight is 292 g/mol. The van der Waals surface area contributed by atoms with Gasteiger partial charge in [0.25, 0.3) is 0 Å². The molecule has 3 rings (SSSR count). The van der Waals surface area contributed by atoms with Crippen molar-refractivity contribution in [2.45, 2.75) is 4.90 Å². The van der Waals surface area contributed by atoms with Gasteiger partial charge in [-0.25, -0.2) is 0 Å². The Balaban J connectivity index is 2.08. The highest BCUT2D eigenvalue weighted by atomic mass is 32.2. The molecule has 0 atom stereocenters. The molecule has 0 aliphatic rings. The molecule has 102 valence electrons. The van der Waals surface area contributed by atoms with Crippen LogP contribution in [0, 0.1) is 11.3 Å². The number of ether oxygens (including phenoxy) is 1. The highest BCUT2D eigenvalue weighted by molar-refractivity contribution is 7.98. The molecule has 1 aromatic heterocycles. The first kappa shape index (κ1) is 13.5. The van der Waals surface area contributed by atoms with Crippen molar-refractivity contribution in [2.75, 3.05) is 6.26 Å². The van der Waals surface area contributed by atoms with Crippen molar-refractivity contribution >= 4 is 22.7 Å². The van der Waals surface area contributed by atoms with Crippen molar-refractivity contribution < 1.29 is 4.74 Å². The number of thioether (sulfide) groups is 1. The van der Waals surface area contributed by atoms with Crippen LogP contribution in [0.2, 0.25) is 0 Å². The summed E-state index contributed by atoms with van der Waals surface area (Å²) < 4.78 is 5.94. The lowest BCUT2D eigenvalue weighted by atomic mass is 10.1. The fourth-order valence-corrected chi connectivity index (χ4v) is 2.48. The fourth-order valence-electron chi connectivity index (χ4n) is 2.07. The minimum absolute atomic E-state index is 0.433. The number of benzene rings is 2. The van der Waals surface area contributed by atoms with Crippen molar-refractivity contribution in [2.24, 2.45) is 0 Å². The van der Waals surface area contributed by atoms with E-state index in [1.807, 2.05) is 54.8 Å². The fraction of sp³-hybridized carbons (Fsp3) is 0.0588. The van der Waals surface area contributed by atoms with Gasteiger partial charge in [0, 0.05) is 16.5 Å². The number of nitrogens with zero attached hydrogens (tertiary/aromatic N) is 2. The second-order valence-electron chi connectivity index (χ2n) is 4.41. The van der Waals surface area contributed by atoms with Crippen LogP contribution in [-0.4, -0.2) is 11.2 Å². The van der Waals surface area contributed by atoms with Crippen molar-refractivity contribution in [3.05, 3.63) is 60.3 Å². The van der Waals surface area contributed by atoms with Crippen LogP contribution in [0.1, 0.15) is 5.56 Å². The molecule has 0 aliphatic heterocycles. The number of hydrogen-bond acceptors (Lipinski definition) is 4. The molecule has 0 fully saturated rings. The Kier molecular flexibility index (Phi) is 3.76. The average Bonchev–Trinajstić information content (AvgIpc) is 2.56. The molecule has 3 nitrogen and oxygen atoms in total. The summed E-state index contributed by atoms with van der Waals surface area (Å²) in [5, 5.41) is 10.1. The van der Waals surface area contributed by atoms with Crippen molar-refractivity contribution in [1.29, 1.82) is 5.26 Å². The SMILES string of the molecule is CSc1ccc(Oc2c(C#N)cnc3ccccc23)cc1. The van der Waals surface area contributed by atoms with Crippen LogP contribution in [0.3, 0.4) is 0 Å². The zero-order valence-electron chi connectivity index (χ0n) is 11.4. The Morgan fingerprint density at radius 3 is 2.57 bits per heavy atom. The molecular weight excluding hydrogens is 280 g/mol. The first-order valence-electron chi connectivity index (χ1n) is 6.41. The van der Waals surface area contributed by atoms with Gasteiger partial charge >= 0.3 is 0 Å².